The summed E-state index contributed by atoms with van der Waals surface area (Å²) < 4.78 is 12.0. The van der Waals surface area contributed by atoms with Gasteiger partial charge in [-0.3, -0.25) is 4.79 Å². The molecule has 0 bridgehead atoms. The van der Waals surface area contributed by atoms with Gasteiger partial charge < -0.3 is 14.4 Å². The lowest BCUT2D eigenvalue weighted by atomic mass is 10.2. The fourth-order valence-corrected chi connectivity index (χ4v) is 2.60. The van der Waals surface area contributed by atoms with Crippen LogP contribution in [-0.4, -0.2) is 31.1 Å². The van der Waals surface area contributed by atoms with E-state index in [9.17, 15) is 4.79 Å². The zero-order valence-corrected chi connectivity index (χ0v) is 15.7. The molecule has 0 radical (unpaired) electrons. The summed E-state index contributed by atoms with van der Waals surface area (Å²) in [5.41, 5.74) is 1.50. The summed E-state index contributed by atoms with van der Waals surface area (Å²) in [6, 6.07) is 14.7. The highest BCUT2D eigenvalue weighted by Gasteiger charge is 2.14. The molecule has 0 fully saturated rings. The minimum Gasteiger partial charge on any atom is -0.490 e. The maximum Gasteiger partial charge on any atom is 0.260 e. The fraction of sp³-hybridized carbons (Fsp3) is 0.263. The van der Waals surface area contributed by atoms with Crippen LogP contribution in [0.4, 0.5) is 0 Å². The van der Waals surface area contributed by atoms with Crippen molar-refractivity contribution in [2.75, 3.05) is 20.3 Å². The van der Waals surface area contributed by atoms with Crippen LogP contribution in [0.25, 0.3) is 0 Å². The fourth-order valence-electron chi connectivity index (χ4n) is 2.19. The number of hydrogen-bond donors (Lipinski definition) is 0. The van der Waals surface area contributed by atoms with E-state index in [1.165, 1.54) is 0 Å². The number of halogens is 1. The molecule has 2 aromatic rings. The molecular formula is C19H19BrN2O3. The molecule has 0 heterocycles. The molecule has 0 saturated heterocycles. The van der Waals surface area contributed by atoms with E-state index in [0.29, 0.717) is 30.2 Å². The van der Waals surface area contributed by atoms with Crippen LogP contribution in [0.15, 0.2) is 46.9 Å². The first-order valence-electron chi connectivity index (χ1n) is 7.82. The smallest absolute Gasteiger partial charge is 0.260 e. The predicted molar refractivity (Wildman–Crippen MR) is 98.4 cm³/mol. The van der Waals surface area contributed by atoms with Crippen molar-refractivity contribution in [1.29, 1.82) is 5.26 Å². The Morgan fingerprint density at radius 2 is 1.96 bits per heavy atom. The zero-order chi connectivity index (χ0) is 18.2. The van der Waals surface area contributed by atoms with Gasteiger partial charge >= 0.3 is 0 Å². The molecule has 0 aliphatic rings. The number of carbonyl (C=O) groups is 1. The third-order valence-electron chi connectivity index (χ3n) is 3.51. The molecule has 1 amide bonds. The second kappa shape index (κ2) is 9.09. The summed E-state index contributed by atoms with van der Waals surface area (Å²) in [6.07, 6.45) is 0. The second-order valence-corrected chi connectivity index (χ2v) is 6.19. The molecule has 0 unspecified atom stereocenters. The van der Waals surface area contributed by atoms with Crippen molar-refractivity contribution >= 4 is 21.8 Å². The Morgan fingerprint density at radius 3 is 2.64 bits per heavy atom. The van der Waals surface area contributed by atoms with Gasteiger partial charge in [-0.25, -0.2) is 0 Å². The Kier molecular flexibility index (Phi) is 6.84. The molecule has 0 atom stereocenters. The van der Waals surface area contributed by atoms with Crippen LogP contribution in [0.2, 0.25) is 0 Å². The van der Waals surface area contributed by atoms with Crippen LogP contribution >= 0.6 is 15.9 Å². The molecule has 25 heavy (non-hydrogen) atoms. The molecule has 6 heteroatoms. The Hall–Kier alpha value is -2.52. The number of amides is 1. The van der Waals surface area contributed by atoms with Gasteiger partial charge in [-0.05, 0) is 30.7 Å². The van der Waals surface area contributed by atoms with E-state index < -0.39 is 0 Å². The lowest BCUT2D eigenvalue weighted by Crippen LogP contribution is -2.31. The maximum absolute atomic E-state index is 12.3. The lowest BCUT2D eigenvalue weighted by molar-refractivity contribution is -0.132. The van der Waals surface area contributed by atoms with E-state index in [-0.39, 0.29) is 12.5 Å². The highest BCUT2D eigenvalue weighted by molar-refractivity contribution is 9.10. The second-order valence-electron chi connectivity index (χ2n) is 5.34. The summed E-state index contributed by atoms with van der Waals surface area (Å²) in [5.74, 6) is 0.758. The molecule has 2 aromatic carbocycles. The SMILES string of the molecule is CCOc1cc(C#N)ccc1OCC(=O)N(C)Cc1ccccc1Br. The normalized spacial score (nSPS) is 10.0. The standard InChI is InChI=1S/C19H19BrN2O3/c1-3-24-18-10-14(11-21)8-9-17(18)25-13-19(23)22(2)12-15-6-4-5-7-16(15)20/h4-10H,3,12-13H2,1-2H3. The van der Waals surface area contributed by atoms with E-state index in [1.807, 2.05) is 31.2 Å². The van der Waals surface area contributed by atoms with Crippen molar-refractivity contribution in [2.45, 2.75) is 13.5 Å². The summed E-state index contributed by atoms with van der Waals surface area (Å²) >= 11 is 3.48. The first kappa shape index (κ1) is 18.8. The quantitative estimate of drug-likeness (QED) is 0.707. The third-order valence-corrected chi connectivity index (χ3v) is 4.29. The average molecular weight is 403 g/mol. The van der Waals surface area contributed by atoms with Gasteiger partial charge in [0, 0.05) is 24.1 Å². The minimum absolute atomic E-state index is 0.104. The molecule has 0 aromatic heterocycles. The highest BCUT2D eigenvalue weighted by atomic mass is 79.9. The van der Waals surface area contributed by atoms with Gasteiger partial charge in [0.1, 0.15) is 0 Å². The molecule has 130 valence electrons. The van der Waals surface area contributed by atoms with E-state index in [4.69, 9.17) is 14.7 Å². The van der Waals surface area contributed by atoms with E-state index >= 15 is 0 Å². The van der Waals surface area contributed by atoms with Crippen LogP contribution in [0.1, 0.15) is 18.1 Å². The van der Waals surface area contributed by atoms with Crippen LogP contribution in [0.5, 0.6) is 11.5 Å². The highest BCUT2D eigenvalue weighted by Crippen LogP contribution is 2.28. The van der Waals surface area contributed by atoms with Gasteiger partial charge in [-0.2, -0.15) is 5.26 Å². The molecule has 0 N–H and O–H groups in total. The van der Waals surface area contributed by atoms with Gasteiger partial charge in [0.15, 0.2) is 18.1 Å². The Bertz CT molecular complexity index is 786. The lowest BCUT2D eigenvalue weighted by Gasteiger charge is -2.19. The molecule has 0 aliphatic heterocycles. The minimum atomic E-state index is -0.150. The van der Waals surface area contributed by atoms with Crippen molar-refractivity contribution in [1.82, 2.24) is 4.90 Å². The van der Waals surface area contributed by atoms with Crippen LogP contribution in [-0.2, 0) is 11.3 Å². The Balaban J connectivity index is 1.99. The van der Waals surface area contributed by atoms with E-state index in [1.54, 1.807) is 30.1 Å². The number of carbonyl (C=O) groups excluding carboxylic acids is 1. The first-order chi connectivity index (χ1) is 12.0. The Morgan fingerprint density at radius 1 is 1.20 bits per heavy atom. The summed E-state index contributed by atoms with van der Waals surface area (Å²) in [4.78, 5) is 13.9. The maximum atomic E-state index is 12.3. The number of likely N-dealkylation sites (N-methyl/N-ethyl adjacent to an activating group) is 1. The van der Waals surface area contributed by atoms with Gasteiger partial charge in [0.2, 0.25) is 0 Å². The van der Waals surface area contributed by atoms with Crippen molar-refractivity contribution in [3.8, 4) is 17.6 Å². The number of nitrogens with zero attached hydrogens (tertiary/aromatic N) is 2. The van der Waals surface area contributed by atoms with Crippen molar-refractivity contribution in [2.24, 2.45) is 0 Å². The summed E-state index contributed by atoms with van der Waals surface area (Å²) in [7, 11) is 1.73. The van der Waals surface area contributed by atoms with Crippen molar-refractivity contribution in [3.05, 3.63) is 58.1 Å². The Labute approximate surface area is 155 Å². The summed E-state index contributed by atoms with van der Waals surface area (Å²) in [6.45, 7) is 2.67. The average Bonchev–Trinajstić information content (AvgIpc) is 2.62. The molecule has 0 aliphatic carbocycles. The van der Waals surface area contributed by atoms with Gasteiger partial charge in [0.05, 0.1) is 18.2 Å². The zero-order valence-electron chi connectivity index (χ0n) is 14.2. The number of rotatable bonds is 7. The third kappa shape index (κ3) is 5.23. The van der Waals surface area contributed by atoms with E-state index in [0.717, 1.165) is 10.0 Å². The van der Waals surface area contributed by atoms with Gasteiger partial charge in [-0.1, -0.05) is 34.1 Å². The molecule has 0 saturated carbocycles. The molecule has 2 rings (SSSR count). The number of hydrogen-bond acceptors (Lipinski definition) is 4. The number of benzene rings is 2. The van der Waals surface area contributed by atoms with E-state index in [2.05, 4.69) is 22.0 Å². The largest absolute Gasteiger partial charge is 0.490 e. The van der Waals surface area contributed by atoms with Crippen molar-refractivity contribution < 1.29 is 14.3 Å². The van der Waals surface area contributed by atoms with Crippen LogP contribution in [0.3, 0.4) is 0 Å². The monoisotopic (exact) mass is 402 g/mol. The van der Waals surface area contributed by atoms with Crippen molar-refractivity contribution in [3.63, 3.8) is 0 Å². The van der Waals surface area contributed by atoms with Crippen LogP contribution in [0, 0.1) is 11.3 Å². The molecule has 0 spiro atoms. The number of ether oxygens (including phenoxy) is 2. The first-order valence-corrected chi connectivity index (χ1v) is 8.61. The van der Waals surface area contributed by atoms with Crippen LogP contribution < -0.4 is 9.47 Å². The summed E-state index contributed by atoms with van der Waals surface area (Å²) in [5, 5.41) is 8.96. The number of nitriles is 1. The molecular weight excluding hydrogens is 384 g/mol. The van der Waals surface area contributed by atoms with Gasteiger partial charge in [0.25, 0.3) is 5.91 Å². The predicted octanol–water partition coefficient (Wildman–Crippen LogP) is 3.76. The molecule has 5 nitrogen and oxygen atoms in total. The topological polar surface area (TPSA) is 62.6 Å². The van der Waals surface area contributed by atoms with Gasteiger partial charge in [-0.15, -0.1) is 0 Å².